The fraction of sp³-hybridized carbons (Fsp3) is 0.417. The number of nitrogens with one attached hydrogen (secondary N) is 1. The zero-order valence-electron chi connectivity index (χ0n) is 9.38. The first-order chi connectivity index (χ1) is 8.18. The highest BCUT2D eigenvalue weighted by Crippen LogP contribution is 2.22. The Balaban J connectivity index is 2.20. The van der Waals surface area contributed by atoms with E-state index in [2.05, 4.69) is 21.2 Å². The SMILES string of the molecule is O=C(c1cc(Cl)ccc1Br)N1CCCNCC1. The van der Waals surface area contributed by atoms with Gasteiger partial charge in [-0.1, -0.05) is 11.6 Å². The second-order valence-corrected chi connectivity index (χ2v) is 5.31. The van der Waals surface area contributed by atoms with Gasteiger partial charge in [0.15, 0.2) is 0 Å². The number of hydrogen-bond donors (Lipinski definition) is 1. The van der Waals surface area contributed by atoms with Crippen molar-refractivity contribution < 1.29 is 4.79 Å². The Hall–Kier alpha value is -0.580. The highest BCUT2D eigenvalue weighted by Gasteiger charge is 2.19. The topological polar surface area (TPSA) is 32.3 Å². The summed E-state index contributed by atoms with van der Waals surface area (Å²) in [5, 5.41) is 3.87. The van der Waals surface area contributed by atoms with Crippen LogP contribution in [0.4, 0.5) is 0 Å². The van der Waals surface area contributed by atoms with E-state index in [4.69, 9.17) is 11.6 Å². The third-order valence-electron chi connectivity index (χ3n) is 2.79. The van der Waals surface area contributed by atoms with Crippen LogP contribution in [0, 0.1) is 0 Å². The zero-order valence-corrected chi connectivity index (χ0v) is 11.7. The second-order valence-electron chi connectivity index (χ2n) is 4.02. The lowest BCUT2D eigenvalue weighted by Crippen LogP contribution is -2.34. The summed E-state index contributed by atoms with van der Waals surface area (Å²) >= 11 is 9.32. The van der Waals surface area contributed by atoms with Gasteiger partial charge in [0.1, 0.15) is 0 Å². The first-order valence-corrected chi connectivity index (χ1v) is 6.80. The molecule has 1 aliphatic rings. The molecule has 1 heterocycles. The monoisotopic (exact) mass is 316 g/mol. The molecule has 0 atom stereocenters. The molecule has 1 amide bonds. The van der Waals surface area contributed by atoms with Crippen LogP contribution < -0.4 is 5.32 Å². The average molecular weight is 318 g/mol. The smallest absolute Gasteiger partial charge is 0.255 e. The predicted octanol–water partition coefficient (Wildman–Crippen LogP) is 2.54. The molecule has 0 bridgehead atoms. The largest absolute Gasteiger partial charge is 0.337 e. The number of rotatable bonds is 1. The normalized spacial score (nSPS) is 16.7. The van der Waals surface area contributed by atoms with Crippen molar-refractivity contribution >= 4 is 33.4 Å². The Labute approximate surface area is 114 Å². The minimum absolute atomic E-state index is 0.0445. The predicted molar refractivity (Wildman–Crippen MR) is 72.5 cm³/mol. The van der Waals surface area contributed by atoms with Gasteiger partial charge in [0, 0.05) is 29.1 Å². The van der Waals surface area contributed by atoms with E-state index in [1.54, 1.807) is 12.1 Å². The summed E-state index contributed by atoms with van der Waals surface area (Å²) in [6.07, 6.45) is 0.990. The van der Waals surface area contributed by atoms with E-state index in [-0.39, 0.29) is 5.91 Å². The van der Waals surface area contributed by atoms with Gasteiger partial charge in [-0.05, 0) is 47.1 Å². The van der Waals surface area contributed by atoms with Gasteiger partial charge in [-0.25, -0.2) is 0 Å². The molecule has 17 heavy (non-hydrogen) atoms. The molecule has 0 radical (unpaired) electrons. The molecular weight excluding hydrogens is 304 g/mol. The molecule has 1 N–H and O–H groups in total. The van der Waals surface area contributed by atoms with Crippen molar-refractivity contribution in [2.24, 2.45) is 0 Å². The van der Waals surface area contributed by atoms with Crippen molar-refractivity contribution in [3.05, 3.63) is 33.3 Å². The molecule has 1 aliphatic heterocycles. The number of benzene rings is 1. The van der Waals surface area contributed by atoms with Crippen LogP contribution in [-0.4, -0.2) is 37.0 Å². The van der Waals surface area contributed by atoms with Crippen molar-refractivity contribution in [2.45, 2.75) is 6.42 Å². The number of carbonyl (C=O) groups excluding carboxylic acids is 1. The molecular formula is C12H14BrClN2O. The highest BCUT2D eigenvalue weighted by atomic mass is 79.9. The standard InChI is InChI=1S/C12H14BrClN2O/c13-11-3-2-9(14)8-10(11)12(17)16-6-1-4-15-5-7-16/h2-3,8,15H,1,4-7H2. The second kappa shape index (κ2) is 5.85. The lowest BCUT2D eigenvalue weighted by Gasteiger charge is -2.20. The summed E-state index contributed by atoms with van der Waals surface area (Å²) in [6, 6.07) is 5.30. The summed E-state index contributed by atoms with van der Waals surface area (Å²) in [5.74, 6) is 0.0445. The molecule has 92 valence electrons. The van der Waals surface area contributed by atoms with Crippen LogP contribution in [0.3, 0.4) is 0 Å². The van der Waals surface area contributed by atoms with Gasteiger partial charge in [-0.2, -0.15) is 0 Å². The quantitative estimate of drug-likeness (QED) is 0.863. The molecule has 1 fully saturated rings. The molecule has 2 rings (SSSR count). The fourth-order valence-electron chi connectivity index (χ4n) is 1.88. The van der Waals surface area contributed by atoms with Crippen molar-refractivity contribution in [2.75, 3.05) is 26.2 Å². The van der Waals surface area contributed by atoms with Crippen molar-refractivity contribution in [3.63, 3.8) is 0 Å². The van der Waals surface area contributed by atoms with E-state index in [1.807, 2.05) is 11.0 Å². The Morgan fingerprint density at radius 2 is 2.18 bits per heavy atom. The fourth-order valence-corrected chi connectivity index (χ4v) is 2.47. The van der Waals surface area contributed by atoms with E-state index in [0.717, 1.165) is 37.1 Å². The van der Waals surface area contributed by atoms with Gasteiger partial charge in [0.2, 0.25) is 0 Å². The van der Waals surface area contributed by atoms with Gasteiger partial charge in [0.25, 0.3) is 5.91 Å². The minimum atomic E-state index is 0.0445. The lowest BCUT2D eigenvalue weighted by molar-refractivity contribution is 0.0765. The first kappa shape index (κ1) is 12.9. The third-order valence-corrected chi connectivity index (χ3v) is 3.71. The zero-order chi connectivity index (χ0) is 12.3. The molecule has 5 heteroatoms. The van der Waals surface area contributed by atoms with Crippen LogP contribution in [0.25, 0.3) is 0 Å². The maximum atomic E-state index is 12.3. The Bertz CT molecular complexity index is 417. The van der Waals surface area contributed by atoms with E-state index in [1.165, 1.54) is 0 Å². The van der Waals surface area contributed by atoms with E-state index >= 15 is 0 Å². The lowest BCUT2D eigenvalue weighted by atomic mass is 10.2. The molecule has 1 saturated heterocycles. The summed E-state index contributed by atoms with van der Waals surface area (Å²) in [5.41, 5.74) is 0.638. The third kappa shape index (κ3) is 3.21. The summed E-state index contributed by atoms with van der Waals surface area (Å²) in [6.45, 7) is 3.37. The van der Waals surface area contributed by atoms with Crippen molar-refractivity contribution in [3.8, 4) is 0 Å². The Morgan fingerprint density at radius 1 is 1.35 bits per heavy atom. The van der Waals surface area contributed by atoms with Crippen LogP contribution in [0.2, 0.25) is 5.02 Å². The average Bonchev–Trinajstić information content (AvgIpc) is 2.60. The maximum Gasteiger partial charge on any atom is 0.255 e. The van der Waals surface area contributed by atoms with Gasteiger partial charge in [-0.15, -0.1) is 0 Å². The van der Waals surface area contributed by atoms with Gasteiger partial charge >= 0.3 is 0 Å². The van der Waals surface area contributed by atoms with Crippen LogP contribution in [0.1, 0.15) is 16.8 Å². The van der Waals surface area contributed by atoms with Gasteiger partial charge in [0.05, 0.1) is 5.56 Å². The van der Waals surface area contributed by atoms with E-state index in [0.29, 0.717) is 10.6 Å². The van der Waals surface area contributed by atoms with E-state index in [9.17, 15) is 4.79 Å². The molecule has 0 spiro atoms. The number of amides is 1. The van der Waals surface area contributed by atoms with Crippen LogP contribution >= 0.6 is 27.5 Å². The van der Waals surface area contributed by atoms with Crippen molar-refractivity contribution in [1.29, 1.82) is 0 Å². The Morgan fingerprint density at radius 3 is 3.00 bits per heavy atom. The molecule has 0 aliphatic carbocycles. The molecule has 1 aromatic rings. The number of halogens is 2. The molecule has 0 aromatic heterocycles. The number of carbonyl (C=O) groups is 1. The first-order valence-electron chi connectivity index (χ1n) is 5.63. The van der Waals surface area contributed by atoms with Gasteiger partial charge < -0.3 is 10.2 Å². The highest BCUT2D eigenvalue weighted by molar-refractivity contribution is 9.10. The maximum absolute atomic E-state index is 12.3. The summed E-state index contributed by atoms with van der Waals surface area (Å²) in [7, 11) is 0. The van der Waals surface area contributed by atoms with Crippen LogP contribution in [-0.2, 0) is 0 Å². The number of hydrogen-bond acceptors (Lipinski definition) is 2. The molecule has 1 aromatic carbocycles. The molecule has 3 nitrogen and oxygen atoms in total. The summed E-state index contributed by atoms with van der Waals surface area (Å²) in [4.78, 5) is 14.2. The van der Waals surface area contributed by atoms with Crippen LogP contribution in [0.5, 0.6) is 0 Å². The minimum Gasteiger partial charge on any atom is -0.337 e. The van der Waals surface area contributed by atoms with Gasteiger partial charge in [-0.3, -0.25) is 4.79 Å². The number of nitrogens with zero attached hydrogens (tertiary/aromatic N) is 1. The molecule has 0 saturated carbocycles. The molecule has 0 unspecified atom stereocenters. The Kier molecular flexibility index (Phi) is 4.42. The van der Waals surface area contributed by atoms with E-state index < -0.39 is 0 Å². The van der Waals surface area contributed by atoms with Crippen LogP contribution in [0.15, 0.2) is 22.7 Å². The summed E-state index contributed by atoms with van der Waals surface area (Å²) < 4.78 is 0.795. The van der Waals surface area contributed by atoms with Crippen molar-refractivity contribution in [1.82, 2.24) is 10.2 Å².